The summed E-state index contributed by atoms with van der Waals surface area (Å²) < 4.78 is 16.6. The highest BCUT2D eigenvalue weighted by Gasteiger charge is 2.21. The summed E-state index contributed by atoms with van der Waals surface area (Å²) in [6.45, 7) is 2.31. The van der Waals surface area contributed by atoms with Gasteiger partial charge in [-0.1, -0.05) is 0 Å². The van der Waals surface area contributed by atoms with Crippen LogP contribution in [0.15, 0.2) is 24.5 Å². The number of rotatable bonds is 5. The van der Waals surface area contributed by atoms with Crippen molar-refractivity contribution in [3.8, 4) is 0 Å². The smallest absolute Gasteiger partial charge is 0.226 e. The molecule has 3 N–H and O–H groups in total. The molecule has 0 aliphatic carbocycles. The van der Waals surface area contributed by atoms with Gasteiger partial charge in [-0.25, -0.2) is 4.39 Å². The summed E-state index contributed by atoms with van der Waals surface area (Å²) in [4.78, 5) is 12.3. The number of hydrogen-bond acceptors (Lipinski definition) is 5. The molecule has 3 rings (SSSR count). The van der Waals surface area contributed by atoms with Crippen LogP contribution < -0.4 is 11.1 Å². The molecule has 0 radical (unpaired) electrons. The molecule has 1 atom stereocenters. The SMILES string of the molecule is C[C@H](N)Cc1c(F)c2c(NCc3ccncc3)nc(Cl)nc2n1C. The standard InChI is InChI=1S/C16H18ClFN6/c1-9(19)7-11-13(18)12-14(21-8-10-3-5-20-6-4-10)22-16(17)23-15(12)24(11)2/h3-6,9H,7-8,19H2,1-2H3,(H,21,22,23)/t9-/m0/s1. The van der Waals surface area contributed by atoms with Crippen LogP contribution in [-0.2, 0) is 20.0 Å². The summed E-state index contributed by atoms with van der Waals surface area (Å²) in [5.41, 5.74) is 7.76. The van der Waals surface area contributed by atoms with E-state index in [0.717, 1.165) is 5.56 Å². The molecule has 0 fully saturated rings. The predicted octanol–water partition coefficient (Wildman–Crippen LogP) is 2.66. The van der Waals surface area contributed by atoms with Gasteiger partial charge in [-0.15, -0.1) is 0 Å². The van der Waals surface area contributed by atoms with Crippen molar-refractivity contribution in [2.24, 2.45) is 12.8 Å². The highest BCUT2D eigenvalue weighted by Crippen LogP contribution is 2.30. The maximum Gasteiger partial charge on any atom is 0.226 e. The van der Waals surface area contributed by atoms with Gasteiger partial charge in [-0.3, -0.25) is 4.98 Å². The Kier molecular flexibility index (Phi) is 4.64. The van der Waals surface area contributed by atoms with Gasteiger partial charge in [0.05, 0.1) is 11.1 Å². The Balaban J connectivity index is 2.04. The zero-order valence-corrected chi connectivity index (χ0v) is 14.2. The number of aryl methyl sites for hydroxylation is 1. The van der Waals surface area contributed by atoms with Crippen LogP contribution in [0.3, 0.4) is 0 Å². The Morgan fingerprint density at radius 3 is 2.71 bits per heavy atom. The van der Waals surface area contributed by atoms with E-state index < -0.39 is 0 Å². The van der Waals surface area contributed by atoms with Gasteiger partial charge in [-0.2, -0.15) is 9.97 Å². The molecule has 0 saturated heterocycles. The first kappa shape index (κ1) is 16.6. The molecule has 24 heavy (non-hydrogen) atoms. The third-order valence-corrected chi connectivity index (χ3v) is 3.95. The lowest BCUT2D eigenvalue weighted by atomic mass is 10.2. The molecule has 3 aromatic heterocycles. The number of nitrogens with zero attached hydrogens (tertiary/aromatic N) is 4. The fourth-order valence-corrected chi connectivity index (χ4v) is 2.80. The van der Waals surface area contributed by atoms with E-state index in [0.29, 0.717) is 35.5 Å². The lowest BCUT2D eigenvalue weighted by molar-refractivity contribution is 0.586. The van der Waals surface area contributed by atoms with Gasteiger partial charge in [0.25, 0.3) is 0 Å². The topological polar surface area (TPSA) is 81.7 Å². The Bertz CT molecular complexity index is 862. The highest BCUT2D eigenvalue weighted by molar-refractivity contribution is 6.28. The number of halogens is 2. The van der Waals surface area contributed by atoms with Crippen molar-refractivity contribution in [2.45, 2.75) is 25.9 Å². The summed E-state index contributed by atoms with van der Waals surface area (Å²) in [7, 11) is 1.75. The average Bonchev–Trinajstić information content (AvgIpc) is 2.78. The molecule has 3 aromatic rings. The van der Waals surface area contributed by atoms with E-state index in [1.54, 1.807) is 24.0 Å². The van der Waals surface area contributed by atoms with Crippen LogP contribution in [0.5, 0.6) is 0 Å². The van der Waals surface area contributed by atoms with Gasteiger partial charge in [0.1, 0.15) is 11.5 Å². The highest BCUT2D eigenvalue weighted by atomic mass is 35.5. The van der Waals surface area contributed by atoms with Gasteiger partial charge in [0.15, 0.2) is 5.82 Å². The fraction of sp³-hybridized carbons (Fsp3) is 0.312. The monoisotopic (exact) mass is 348 g/mol. The van der Waals surface area contributed by atoms with Gasteiger partial charge in [0, 0.05) is 38.4 Å². The van der Waals surface area contributed by atoms with E-state index in [4.69, 9.17) is 17.3 Å². The van der Waals surface area contributed by atoms with Crippen LogP contribution >= 0.6 is 11.6 Å². The molecule has 126 valence electrons. The Morgan fingerprint density at radius 1 is 1.33 bits per heavy atom. The first-order valence-corrected chi connectivity index (χ1v) is 7.93. The van der Waals surface area contributed by atoms with Crippen molar-refractivity contribution in [3.63, 3.8) is 0 Å². The molecule has 0 aliphatic heterocycles. The predicted molar refractivity (Wildman–Crippen MR) is 92.4 cm³/mol. The molecule has 6 nitrogen and oxygen atoms in total. The number of nitrogens with one attached hydrogen (secondary N) is 1. The van der Waals surface area contributed by atoms with Crippen LogP contribution in [0, 0.1) is 5.82 Å². The molecule has 8 heteroatoms. The van der Waals surface area contributed by atoms with Crippen molar-refractivity contribution in [2.75, 3.05) is 5.32 Å². The molecule has 0 bridgehead atoms. The van der Waals surface area contributed by atoms with Crippen molar-refractivity contribution < 1.29 is 4.39 Å². The average molecular weight is 349 g/mol. The molecular weight excluding hydrogens is 331 g/mol. The summed E-state index contributed by atoms with van der Waals surface area (Å²) in [6, 6.07) is 3.57. The van der Waals surface area contributed by atoms with E-state index in [2.05, 4.69) is 20.3 Å². The number of nitrogens with two attached hydrogens (primary N) is 1. The number of anilines is 1. The van der Waals surface area contributed by atoms with Crippen molar-refractivity contribution in [3.05, 3.63) is 46.9 Å². The van der Waals surface area contributed by atoms with Crippen LogP contribution in [0.4, 0.5) is 10.2 Å². The molecule has 0 aromatic carbocycles. The Labute approximate surface area is 143 Å². The summed E-state index contributed by atoms with van der Waals surface area (Å²) in [6.07, 6.45) is 3.80. The lowest BCUT2D eigenvalue weighted by Gasteiger charge is -2.07. The molecule has 3 heterocycles. The zero-order chi connectivity index (χ0) is 17.3. The summed E-state index contributed by atoms with van der Waals surface area (Å²) in [5, 5.41) is 3.52. The first-order valence-electron chi connectivity index (χ1n) is 7.56. The fourth-order valence-electron chi connectivity index (χ4n) is 2.63. The second-order valence-corrected chi connectivity index (χ2v) is 6.09. The third kappa shape index (κ3) is 3.18. The minimum Gasteiger partial charge on any atom is -0.365 e. The molecule has 0 unspecified atom stereocenters. The van der Waals surface area contributed by atoms with E-state index in [-0.39, 0.29) is 17.1 Å². The van der Waals surface area contributed by atoms with Crippen molar-refractivity contribution >= 4 is 28.5 Å². The largest absolute Gasteiger partial charge is 0.365 e. The lowest BCUT2D eigenvalue weighted by Crippen LogP contribution is -2.20. The Hall–Kier alpha value is -2.25. The molecular formula is C16H18ClFN6. The van der Waals surface area contributed by atoms with Crippen molar-refractivity contribution in [1.29, 1.82) is 0 Å². The Morgan fingerprint density at radius 2 is 2.04 bits per heavy atom. The van der Waals surface area contributed by atoms with Crippen molar-refractivity contribution in [1.82, 2.24) is 19.5 Å². The van der Waals surface area contributed by atoms with E-state index in [1.807, 2.05) is 19.1 Å². The maximum atomic E-state index is 14.9. The van der Waals surface area contributed by atoms with Gasteiger partial charge in [-0.05, 0) is 36.2 Å². The van der Waals surface area contributed by atoms with E-state index in [1.165, 1.54) is 0 Å². The third-order valence-electron chi connectivity index (χ3n) is 3.78. The first-order chi connectivity index (χ1) is 11.5. The van der Waals surface area contributed by atoms with Gasteiger partial charge < -0.3 is 15.6 Å². The van der Waals surface area contributed by atoms with Gasteiger partial charge in [0.2, 0.25) is 5.28 Å². The second kappa shape index (κ2) is 6.70. The summed E-state index contributed by atoms with van der Waals surface area (Å²) in [5.74, 6) is 0.00420. The number of pyridine rings is 1. The second-order valence-electron chi connectivity index (χ2n) is 5.75. The number of aromatic nitrogens is 4. The summed E-state index contributed by atoms with van der Waals surface area (Å²) >= 11 is 6.01. The number of fused-ring (bicyclic) bond motifs is 1. The molecule has 0 saturated carbocycles. The van der Waals surface area contributed by atoms with E-state index >= 15 is 0 Å². The number of hydrogen-bond donors (Lipinski definition) is 2. The minimum atomic E-state index is -0.362. The van der Waals surface area contributed by atoms with Crippen LogP contribution in [0.25, 0.3) is 11.0 Å². The normalized spacial score (nSPS) is 12.5. The van der Waals surface area contributed by atoms with E-state index in [9.17, 15) is 4.39 Å². The maximum absolute atomic E-state index is 14.9. The van der Waals surface area contributed by atoms with Crippen LogP contribution in [0.1, 0.15) is 18.2 Å². The quantitative estimate of drug-likeness (QED) is 0.693. The molecule has 0 spiro atoms. The van der Waals surface area contributed by atoms with Crippen LogP contribution in [-0.4, -0.2) is 25.6 Å². The minimum absolute atomic E-state index is 0.0627. The zero-order valence-electron chi connectivity index (χ0n) is 13.4. The molecule has 0 amide bonds. The van der Waals surface area contributed by atoms with Crippen LogP contribution in [0.2, 0.25) is 5.28 Å². The molecule has 0 aliphatic rings. The van der Waals surface area contributed by atoms with Gasteiger partial charge >= 0.3 is 0 Å².